The second-order valence-electron chi connectivity index (χ2n) is 5.61. The van der Waals surface area contributed by atoms with Crippen molar-refractivity contribution in [1.82, 2.24) is 5.06 Å². The normalized spacial score (nSPS) is 15.3. The summed E-state index contributed by atoms with van der Waals surface area (Å²) in [6, 6.07) is 12.2. The molecule has 25 heavy (non-hydrogen) atoms. The zero-order valence-corrected chi connectivity index (χ0v) is 14.2. The molecular weight excluding hydrogens is 342 g/mol. The Kier molecular flexibility index (Phi) is 4.76. The van der Waals surface area contributed by atoms with Crippen LogP contribution in [0.5, 0.6) is 0 Å². The molecule has 1 fully saturated rings. The third-order valence-electron chi connectivity index (χ3n) is 3.85. The molecule has 0 aliphatic carbocycles. The quantitative estimate of drug-likeness (QED) is 0.607. The van der Waals surface area contributed by atoms with Crippen molar-refractivity contribution < 1.29 is 24.0 Å². The van der Waals surface area contributed by atoms with Crippen molar-refractivity contribution in [3.63, 3.8) is 0 Å². The Hall–Kier alpha value is -2.80. The molecule has 1 aliphatic rings. The Labute approximate surface area is 148 Å². The van der Waals surface area contributed by atoms with Crippen molar-refractivity contribution in [2.45, 2.75) is 25.7 Å². The van der Waals surface area contributed by atoms with Crippen molar-refractivity contribution in [2.75, 3.05) is 0 Å². The number of ketones is 1. The minimum atomic E-state index is -0.704. The van der Waals surface area contributed by atoms with Gasteiger partial charge < -0.3 is 4.84 Å². The van der Waals surface area contributed by atoms with E-state index in [1.54, 1.807) is 43.3 Å². The van der Waals surface area contributed by atoms with E-state index in [1.165, 1.54) is 11.3 Å². The average molecular weight is 357 g/mol. The third kappa shape index (κ3) is 3.51. The Morgan fingerprint density at radius 2 is 1.68 bits per heavy atom. The van der Waals surface area contributed by atoms with Crippen LogP contribution in [0.2, 0.25) is 0 Å². The Morgan fingerprint density at radius 3 is 2.32 bits per heavy atom. The molecule has 128 valence electrons. The standard InChI is InChI=1S/C18H15NO5S/c1-11(18(23)24-19-15(20)9-10-16(19)21)13-7-8-14(25-13)17(22)12-5-3-2-4-6-12/h2-8,11H,9-10H2,1H3. The molecular formula is C18H15NO5S. The molecule has 1 aromatic carbocycles. The molecule has 7 heteroatoms. The Morgan fingerprint density at radius 1 is 1.04 bits per heavy atom. The van der Waals surface area contributed by atoms with Crippen LogP contribution in [0.1, 0.15) is 45.8 Å². The van der Waals surface area contributed by atoms with E-state index in [2.05, 4.69) is 0 Å². The van der Waals surface area contributed by atoms with Gasteiger partial charge in [-0.1, -0.05) is 30.3 Å². The van der Waals surface area contributed by atoms with Crippen molar-refractivity contribution in [3.05, 3.63) is 57.8 Å². The van der Waals surface area contributed by atoms with Gasteiger partial charge in [0.25, 0.3) is 11.8 Å². The monoisotopic (exact) mass is 357 g/mol. The zero-order valence-electron chi connectivity index (χ0n) is 13.4. The summed E-state index contributed by atoms with van der Waals surface area (Å²) in [5.74, 6) is -2.55. The van der Waals surface area contributed by atoms with Gasteiger partial charge in [-0.25, -0.2) is 4.79 Å². The number of imide groups is 1. The third-order valence-corrected chi connectivity index (χ3v) is 5.12. The number of carbonyl (C=O) groups excluding carboxylic acids is 4. The van der Waals surface area contributed by atoms with Crippen molar-refractivity contribution in [2.24, 2.45) is 0 Å². The van der Waals surface area contributed by atoms with E-state index in [0.717, 1.165) is 0 Å². The number of hydrogen-bond acceptors (Lipinski definition) is 6. The molecule has 0 saturated carbocycles. The fourth-order valence-electron chi connectivity index (χ4n) is 2.38. The van der Waals surface area contributed by atoms with Gasteiger partial charge in [0.15, 0.2) is 0 Å². The zero-order chi connectivity index (χ0) is 18.0. The summed E-state index contributed by atoms with van der Waals surface area (Å²) in [4.78, 5) is 53.7. The topological polar surface area (TPSA) is 80.8 Å². The smallest absolute Gasteiger partial charge is 0.330 e. The summed E-state index contributed by atoms with van der Waals surface area (Å²) >= 11 is 1.19. The van der Waals surface area contributed by atoms with E-state index >= 15 is 0 Å². The molecule has 2 heterocycles. The molecule has 3 rings (SSSR count). The van der Waals surface area contributed by atoms with Gasteiger partial charge in [0.2, 0.25) is 5.78 Å². The lowest BCUT2D eigenvalue weighted by molar-refractivity contribution is -0.198. The Balaban J connectivity index is 1.71. The van der Waals surface area contributed by atoms with Crippen LogP contribution in [-0.4, -0.2) is 28.6 Å². The maximum absolute atomic E-state index is 12.4. The largest absolute Gasteiger partial charge is 0.341 e. The molecule has 1 aromatic heterocycles. The lowest BCUT2D eigenvalue weighted by Crippen LogP contribution is -2.33. The maximum atomic E-state index is 12.4. The van der Waals surface area contributed by atoms with Crippen LogP contribution in [0.3, 0.4) is 0 Å². The fraction of sp³-hybridized carbons (Fsp3) is 0.222. The van der Waals surface area contributed by atoms with Crippen LogP contribution in [0.25, 0.3) is 0 Å². The molecule has 0 radical (unpaired) electrons. The first-order valence-electron chi connectivity index (χ1n) is 7.74. The van der Waals surface area contributed by atoms with Crippen LogP contribution in [0.15, 0.2) is 42.5 Å². The lowest BCUT2D eigenvalue weighted by Gasteiger charge is -2.15. The number of amides is 2. The van der Waals surface area contributed by atoms with Crippen molar-refractivity contribution in [3.8, 4) is 0 Å². The van der Waals surface area contributed by atoms with Crippen LogP contribution >= 0.6 is 11.3 Å². The molecule has 0 spiro atoms. The molecule has 6 nitrogen and oxygen atoms in total. The number of rotatable bonds is 5. The van der Waals surface area contributed by atoms with Crippen LogP contribution in [-0.2, 0) is 19.2 Å². The van der Waals surface area contributed by atoms with Gasteiger partial charge in [-0.05, 0) is 19.1 Å². The highest BCUT2D eigenvalue weighted by Gasteiger charge is 2.34. The van der Waals surface area contributed by atoms with E-state index in [0.29, 0.717) is 20.4 Å². The van der Waals surface area contributed by atoms with Gasteiger partial charge in [0.1, 0.15) is 0 Å². The minimum Gasteiger partial charge on any atom is -0.330 e. The van der Waals surface area contributed by atoms with E-state index in [1.807, 2.05) is 6.07 Å². The van der Waals surface area contributed by atoms with Crippen LogP contribution in [0, 0.1) is 0 Å². The highest BCUT2D eigenvalue weighted by atomic mass is 32.1. The molecule has 1 atom stereocenters. The van der Waals surface area contributed by atoms with Crippen molar-refractivity contribution in [1.29, 1.82) is 0 Å². The molecule has 1 aliphatic heterocycles. The molecule has 1 unspecified atom stereocenters. The molecule has 1 saturated heterocycles. The molecule has 0 bridgehead atoms. The number of nitrogens with zero attached hydrogens (tertiary/aromatic N) is 1. The summed E-state index contributed by atoms with van der Waals surface area (Å²) in [6.45, 7) is 1.61. The van der Waals surface area contributed by atoms with Gasteiger partial charge in [0.05, 0.1) is 10.8 Å². The minimum absolute atomic E-state index is 0.0508. The first-order valence-corrected chi connectivity index (χ1v) is 8.56. The van der Waals surface area contributed by atoms with E-state index in [-0.39, 0.29) is 18.6 Å². The predicted molar refractivity (Wildman–Crippen MR) is 89.8 cm³/mol. The SMILES string of the molecule is CC(C(=O)ON1C(=O)CCC1=O)c1ccc(C(=O)c2ccccc2)s1. The summed E-state index contributed by atoms with van der Waals surface area (Å²) in [6.07, 6.45) is 0.102. The predicted octanol–water partition coefficient (Wildman–Crippen LogP) is 2.69. The summed E-state index contributed by atoms with van der Waals surface area (Å²) in [5.41, 5.74) is 0.569. The highest BCUT2D eigenvalue weighted by molar-refractivity contribution is 7.14. The van der Waals surface area contributed by atoms with Crippen LogP contribution < -0.4 is 0 Å². The second-order valence-corrected chi connectivity index (χ2v) is 6.73. The summed E-state index contributed by atoms with van der Waals surface area (Å²) in [7, 11) is 0. The first-order chi connectivity index (χ1) is 12.0. The van der Waals surface area contributed by atoms with E-state index in [4.69, 9.17) is 4.84 Å². The number of thiophene rings is 1. The number of hydroxylamine groups is 2. The van der Waals surface area contributed by atoms with E-state index in [9.17, 15) is 19.2 Å². The first kappa shape index (κ1) is 17.0. The summed E-state index contributed by atoms with van der Waals surface area (Å²) < 4.78 is 0. The fourth-order valence-corrected chi connectivity index (χ4v) is 3.39. The molecule has 2 amide bonds. The molecule has 0 N–H and O–H groups in total. The van der Waals surface area contributed by atoms with E-state index < -0.39 is 23.7 Å². The number of benzene rings is 1. The maximum Gasteiger partial charge on any atom is 0.341 e. The second kappa shape index (κ2) is 6.98. The van der Waals surface area contributed by atoms with Gasteiger partial charge in [-0.2, -0.15) is 0 Å². The van der Waals surface area contributed by atoms with Gasteiger partial charge >= 0.3 is 5.97 Å². The van der Waals surface area contributed by atoms with Gasteiger partial charge in [-0.3, -0.25) is 14.4 Å². The van der Waals surface area contributed by atoms with Crippen LogP contribution in [0.4, 0.5) is 0 Å². The summed E-state index contributed by atoms with van der Waals surface area (Å²) in [5, 5.41) is 0.530. The number of carbonyl (C=O) groups is 4. The Bertz CT molecular complexity index is 826. The molecule has 2 aromatic rings. The van der Waals surface area contributed by atoms with Gasteiger partial charge in [-0.15, -0.1) is 16.4 Å². The number of hydrogen-bond donors (Lipinski definition) is 0. The average Bonchev–Trinajstić information content (AvgIpc) is 3.23. The lowest BCUT2D eigenvalue weighted by atomic mass is 10.1. The highest BCUT2D eigenvalue weighted by Crippen LogP contribution is 2.28. The van der Waals surface area contributed by atoms with Gasteiger partial charge in [0, 0.05) is 23.3 Å². The van der Waals surface area contributed by atoms with Crippen molar-refractivity contribution >= 4 is 34.9 Å².